The fourth-order valence-corrected chi connectivity index (χ4v) is 6.61. The van der Waals surface area contributed by atoms with Gasteiger partial charge in [-0.15, -0.1) is 0 Å². The number of fused-ring (bicyclic) bond motifs is 1. The van der Waals surface area contributed by atoms with E-state index in [9.17, 15) is 14.4 Å². The molecule has 3 aromatic carbocycles. The van der Waals surface area contributed by atoms with Gasteiger partial charge in [0.2, 0.25) is 0 Å². The van der Waals surface area contributed by atoms with E-state index in [1.165, 1.54) is 23.0 Å². The highest BCUT2D eigenvalue weighted by molar-refractivity contribution is 7.07. The van der Waals surface area contributed by atoms with E-state index >= 15 is 0 Å². The third-order valence-electron chi connectivity index (χ3n) is 7.98. The fourth-order valence-electron chi connectivity index (χ4n) is 5.57. The van der Waals surface area contributed by atoms with Crippen molar-refractivity contribution in [3.8, 4) is 22.7 Å². The molecule has 254 valence electrons. The van der Waals surface area contributed by atoms with Crippen molar-refractivity contribution in [3.05, 3.63) is 145 Å². The van der Waals surface area contributed by atoms with Crippen LogP contribution in [0.4, 0.5) is 0 Å². The van der Waals surface area contributed by atoms with Gasteiger partial charge >= 0.3 is 11.9 Å². The molecule has 0 N–H and O–H groups in total. The molecule has 10 nitrogen and oxygen atoms in total. The molecule has 0 bridgehead atoms. The molecule has 0 spiro atoms. The van der Waals surface area contributed by atoms with Crippen molar-refractivity contribution >= 4 is 29.4 Å². The molecule has 11 heteroatoms. The Labute approximate surface area is 292 Å². The van der Waals surface area contributed by atoms with Crippen molar-refractivity contribution in [1.29, 1.82) is 0 Å². The zero-order valence-electron chi connectivity index (χ0n) is 28.2. The number of thiazole rings is 1. The zero-order valence-corrected chi connectivity index (χ0v) is 29.0. The molecule has 2 aromatic heterocycles. The van der Waals surface area contributed by atoms with Crippen molar-refractivity contribution in [3.63, 3.8) is 0 Å². The molecule has 6 rings (SSSR count). The number of carbonyl (C=O) groups excluding carboxylic acids is 2. The lowest BCUT2D eigenvalue weighted by molar-refractivity contribution is -0.140. The van der Waals surface area contributed by atoms with Crippen LogP contribution in [0.1, 0.15) is 48.3 Å². The molecule has 0 saturated heterocycles. The maximum atomic E-state index is 14.4. The van der Waals surface area contributed by atoms with Crippen LogP contribution < -0.4 is 19.6 Å². The fraction of sp³-hybridized carbons (Fsp3) is 0.205. The Balaban J connectivity index is 1.50. The number of ether oxygens (including phenoxy) is 3. The first-order valence-electron chi connectivity index (χ1n) is 16.1. The summed E-state index contributed by atoms with van der Waals surface area (Å²) in [5.41, 5.74) is 4.41. The van der Waals surface area contributed by atoms with Gasteiger partial charge < -0.3 is 14.2 Å². The van der Waals surface area contributed by atoms with E-state index in [1.807, 2.05) is 74.6 Å². The summed E-state index contributed by atoms with van der Waals surface area (Å²) in [6, 6.07) is 23.1. The van der Waals surface area contributed by atoms with E-state index in [0.717, 1.165) is 11.3 Å². The van der Waals surface area contributed by atoms with Crippen LogP contribution in [0.2, 0.25) is 0 Å². The largest absolute Gasteiger partial charge is 0.490 e. The molecule has 0 radical (unpaired) electrons. The Morgan fingerprint density at radius 2 is 1.72 bits per heavy atom. The Bertz CT molecular complexity index is 2260. The number of rotatable bonds is 11. The molecule has 1 atom stereocenters. The van der Waals surface area contributed by atoms with E-state index < -0.39 is 18.0 Å². The lowest BCUT2D eigenvalue weighted by atomic mass is 9.95. The summed E-state index contributed by atoms with van der Waals surface area (Å²) >= 11 is 1.22. The van der Waals surface area contributed by atoms with Crippen LogP contribution in [0, 0.1) is 5.92 Å². The predicted molar refractivity (Wildman–Crippen MR) is 192 cm³/mol. The molecule has 1 aliphatic rings. The minimum atomic E-state index is -0.839. The smallest absolute Gasteiger partial charge is 0.338 e. The van der Waals surface area contributed by atoms with Crippen molar-refractivity contribution in [2.24, 2.45) is 10.9 Å². The Kier molecular flexibility index (Phi) is 10.1. The molecule has 0 amide bonds. The van der Waals surface area contributed by atoms with E-state index in [2.05, 4.69) is 6.58 Å². The highest BCUT2D eigenvalue weighted by atomic mass is 32.1. The van der Waals surface area contributed by atoms with Gasteiger partial charge in [0.15, 0.2) is 4.80 Å². The second-order valence-corrected chi connectivity index (χ2v) is 13.0. The van der Waals surface area contributed by atoms with E-state index in [0.29, 0.717) is 49.8 Å². The number of allylic oxidation sites excluding steroid dienone is 1. The van der Waals surface area contributed by atoms with Crippen LogP contribution in [-0.2, 0) is 14.3 Å². The summed E-state index contributed by atoms with van der Waals surface area (Å²) in [7, 11) is 1.31. The Morgan fingerprint density at radius 1 is 1.00 bits per heavy atom. The number of hydrogen-bond acceptors (Lipinski definition) is 9. The van der Waals surface area contributed by atoms with Crippen LogP contribution >= 0.6 is 11.3 Å². The van der Waals surface area contributed by atoms with Gasteiger partial charge in [0, 0.05) is 17.3 Å². The standard InChI is InChI=1S/C39H36N4O6S/c1-6-20-48-31-18-16-26(17-19-31)34-29(22-42(41-34)30-10-8-7-9-11-30)21-32-36(44)43-35(27-12-14-28(15-13-27)37(45)47-5)33(25(4)40-39(43)50-32)38(46)49-23-24(2)3/h6-19,21-22,24,35H,1,20,23H2,2-5H3/b32-21-/t35-/m0/s1. The first-order chi connectivity index (χ1) is 24.2. The van der Waals surface area contributed by atoms with Crippen molar-refractivity contribution in [2.45, 2.75) is 26.8 Å². The molecular formula is C39H36N4O6S. The molecule has 1 aliphatic heterocycles. The lowest BCUT2D eigenvalue weighted by Crippen LogP contribution is -2.40. The third-order valence-corrected chi connectivity index (χ3v) is 8.97. The number of hydrogen-bond donors (Lipinski definition) is 0. The number of aromatic nitrogens is 3. The lowest BCUT2D eigenvalue weighted by Gasteiger charge is -2.25. The zero-order chi connectivity index (χ0) is 35.4. The van der Waals surface area contributed by atoms with Crippen molar-refractivity contribution in [2.75, 3.05) is 20.3 Å². The first kappa shape index (κ1) is 34.1. The van der Waals surface area contributed by atoms with Crippen LogP contribution in [0.15, 0.2) is 119 Å². The highest BCUT2D eigenvalue weighted by Gasteiger charge is 2.33. The molecular weight excluding hydrogens is 653 g/mol. The number of esters is 2. The molecule has 0 fully saturated rings. The molecule has 50 heavy (non-hydrogen) atoms. The molecule has 0 unspecified atom stereocenters. The highest BCUT2D eigenvalue weighted by Crippen LogP contribution is 2.31. The average molecular weight is 689 g/mol. The molecule has 5 aromatic rings. The van der Waals surface area contributed by atoms with Crippen LogP contribution in [-0.4, -0.2) is 46.6 Å². The summed E-state index contributed by atoms with van der Waals surface area (Å²) in [6.07, 6.45) is 5.37. The summed E-state index contributed by atoms with van der Waals surface area (Å²) in [5.74, 6) is -0.234. The quantitative estimate of drug-likeness (QED) is 0.130. The van der Waals surface area contributed by atoms with Gasteiger partial charge in [-0.05, 0) is 73.0 Å². The predicted octanol–water partition coefficient (Wildman–Crippen LogP) is 5.64. The van der Waals surface area contributed by atoms with Crippen LogP contribution in [0.5, 0.6) is 5.75 Å². The number of nitrogens with zero attached hydrogens (tertiary/aromatic N) is 4. The van der Waals surface area contributed by atoms with Gasteiger partial charge in [0.1, 0.15) is 18.1 Å². The van der Waals surface area contributed by atoms with Crippen LogP contribution in [0.25, 0.3) is 23.0 Å². The topological polar surface area (TPSA) is 114 Å². The van der Waals surface area contributed by atoms with Gasteiger partial charge in [-0.25, -0.2) is 19.3 Å². The minimum Gasteiger partial charge on any atom is -0.490 e. The van der Waals surface area contributed by atoms with Gasteiger partial charge in [0.25, 0.3) is 5.56 Å². The average Bonchev–Trinajstić information content (AvgIpc) is 3.69. The second-order valence-electron chi connectivity index (χ2n) is 12.0. The van der Waals surface area contributed by atoms with E-state index in [-0.39, 0.29) is 23.7 Å². The van der Waals surface area contributed by atoms with Crippen molar-refractivity contribution in [1.82, 2.24) is 14.3 Å². The monoisotopic (exact) mass is 688 g/mol. The maximum absolute atomic E-state index is 14.4. The van der Waals surface area contributed by atoms with Gasteiger partial charge in [-0.1, -0.05) is 68.2 Å². The second kappa shape index (κ2) is 14.8. The number of benzene rings is 3. The third kappa shape index (κ3) is 6.99. The summed E-state index contributed by atoms with van der Waals surface area (Å²) in [6.45, 7) is 9.95. The van der Waals surface area contributed by atoms with Gasteiger partial charge in [-0.3, -0.25) is 9.36 Å². The van der Waals surface area contributed by atoms with Gasteiger partial charge in [0.05, 0.1) is 46.8 Å². The number of methoxy groups -OCH3 is 1. The summed E-state index contributed by atoms with van der Waals surface area (Å²) < 4.78 is 19.9. The first-order valence-corrected chi connectivity index (χ1v) is 16.9. The van der Waals surface area contributed by atoms with E-state index in [4.69, 9.17) is 24.3 Å². The maximum Gasteiger partial charge on any atom is 0.338 e. The number of para-hydroxylation sites is 1. The molecule has 0 aliphatic carbocycles. The van der Waals surface area contributed by atoms with E-state index in [1.54, 1.807) is 48.0 Å². The Morgan fingerprint density at radius 3 is 2.38 bits per heavy atom. The molecule has 0 saturated carbocycles. The molecule has 3 heterocycles. The van der Waals surface area contributed by atoms with Crippen LogP contribution in [0.3, 0.4) is 0 Å². The SMILES string of the molecule is C=CCOc1ccc(-c2nn(-c3ccccc3)cc2/C=c2\sc3n(c2=O)[C@@H](c2ccc(C(=O)OC)cc2)C(C(=O)OCC(C)C)=C(C)N=3)cc1. The number of carbonyl (C=O) groups is 2. The normalized spacial score (nSPS) is 14.3. The van der Waals surface area contributed by atoms with Crippen molar-refractivity contribution < 1.29 is 23.8 Å². The summed E-state index contributed by atoms with van der Waals surface area (Å²) in [5, 5.41) is 4.92. The Hall–Kier alpha value is -5.81. The summed E-state index contributed by atoms with van der Waals surface area (Å²) in [4.78, 5) is 45.4. The van der Waals surface area contributed by atoms with Gasteiger partial charge in [-0.2, -0.15) is 5.10 Å². The minimum absolute atomic E-state index is 0.112.